The lowest BCUT2D eigenvalue weighted by Gasteiger charge is -2.13. The zero-order valence-electron chi connectivity index (χ0n) is 10.3. The minimum Gasteiger partial charge on any atom is -0.508 e. The average molecular weight is 245 g/mol. The molecule has 3 N–H and O–H groups in total. The molecule has 0 saturated heterocycles. The molecule has 0 aliphatic carbocycles. The Kier molecular flexibility index (Phi) is 3.32. The van der Waals surface area contributed by atoms with Crippen LogP contribution in [0.25, 0.3) is 0 Å². The molecule has 0 aliphatic heterocycles. The lowest BCUT2D eigenvalue weighted by atomic mass is 10.1. The highest BCUT2D eigenvalue weighted by Crippen LogP contribution is 2.20. The Balaban J connectivity index is 2.15. The second kappa shape index (κ2) is 4.91. The number of aromatic amines is 1. The topological polar surface area (TPSA) is 78.0 Å². The Labute approximate surface area is 105 Å². The van der Waals surface area contributed by atoms with Crippen molar-refractivity contribution in [3.8, 4) is 5.75 Å². The van der Waals surface area contributed by atoms with Gasteiger partial charge in [0.15, 0.2) is 0 Å². The Bertz CT molecular complexity index is 549. The number of aromatic hydroxyl groups is 1. The second-order valence-corrected chi connectivity index (χ2v) is 4.18. The summed E-state index contributed by atoms with van der Waals surface area (Å²) in [5.74, 6) is -0.0873. The zero-order chi connectivity index (χ0) is 13.1. The maximum Gasteiger partial charge on any atom is 0.252 e. The van der Waals surface area contributed by atoms with Crippen molar-refractivity contribution >= 4 is 5.91 Å². The van der Waals surface area contributed by atoms with E-state index in [0.29, 0.717) is 11.1 Å². The van der Waals surface area contributed by atoms with E-state index in [1.54, 1.807) is 37.5 Å². The number of phenolic OH excluding ortho intramolecular Hbond substituents is 1. The number of amides is 1. The number of hydrogen-bond acceptors (Lipinski definition) is 3. The fourth-order valence-corrected chi connectivity index (χ4v) is 1.72. The minimum atomic E-state index is -0.211. The summed E-state index contributed by atoms with van der Waals surface area (Å²) in [6.07, 6.45) is 3.40. The van der Waals surface area contributed by atoms with Gasteiger partial charge in [-0.3, -0.25) is 9.89 Å². The first-order valence-electron chi connectivity index (χ1n) is 5.67. The molecule has 18 heavy (non-hydrogen) atoms. The summed E-state index contributed by atoms with van der Waals surface area (Å²) in [6.45, 7) is 3.59. The summed E-state index contributed by atoms with van der Waals surface area (Å²) in [6, 6.07) is 4.76. The zero-order valence-corrected chi connectivity index (χ0v) is 10.3. The first kappa shape index (κ1) is 12.2. The Hall–Kier alpha value is -2.30. The monoisotopic (exact) mass is 245 g/mol. The molecular formula is C13H15N3O2. The van der Waals surface area contributed by atoms with Crippen LogP contribution in [0.5, 0.6) is 5.75 Å². The van der Waals surface area contributed by atoms with Crippen molar-refractivity contribution in [3.05, 3.63) is 47.3 Å². The van der Waals surface area contributed by atoms with E-state index in [1.807, 2.05) is 6.92 Å². The number of H-pyrrole nitrogens is 1. The van der Waals surface area contributed by atoms with Crippen LogP contribution in [-0.4, -0.2) is 21.2 Å². The third kappa shape index (κ3) is 2.34. The Morgan fingerprint density at radius 1 is 1.50 bits per heavy atom. The second-order valence-electron chi connectivity index (χ2n) is 4.18. The molecule has 94 valence electrons. The molecule has 0 bridgehead atoms. The van der Waals surface area contributed by atoms with Crippen LogP contribution in [0.1, 0.15) is 34.5 Å². The first-order chi connectivity index (χ1) is 8.59. The van der Waals surface area contributed by atoms with Gasteiger partial charge in [0, 0.05) is 22.9 Å². The largest absolute Gasteiger partial charge is 0.508 e. The SMILES string of the molecule is Cc1c(O)cccc1C(=O)NC(C)c1cn[nH]c1. The molecule has 1 heterocycles. The molecule has 0 aliphatic rings. The van der Waals surface area contributed by atoms with Gasteiger partial charge in [0.2, 0.25) is 0 Å². The van der Waals surface area contributed by atoms with Gasteiger partial charge in [0.1, 0.15) is 5.75 Å². The number of benzene rings is 1. The molecule has 1 unspecified atom stereocenters. The summed E-state index contributed by atoms with van der Waals surface area (Å²) < 4.78 is 0. The van der Waals surface area contributed by atoms with Gasteiger partial charge in [-0.05, 0) is 26.0 Å². The van der Waals surface area contributed by atoms with Crippen LogP contribution in [0.4, 0.5) is 0 Å². The highest BCUT2D eigenvalue weighted by atomic mass is 16.3. The fourth-order valence-electron chi connectivity index (χ4n) is 1.72. The maximum atomic E-state index is 12.1. The molecule has 1 aromatic heterocycles. The van der Waals surface area contributed by atoms with Gasteiger partial charge in [0.25, 0.3) is 5.91 Å². The number of hydrogen-bond donors (Lipinski definition) is 3. The number of aromatic nitrogens is 2. The van der Waals surface area contributed by atoms with Crippen molar-refractivity contribution < 1.29 is 9.90 Å². The van der Waals surface area contributed by atoms with Crippen molar-refractivity contribution in [2.45, 2.75) is 19.9 Å². The smallest absolute Gasteiger partial charge is 0.252 e. The third-order valence-electron chi connectivity index (χ3n) is 2.92. The molecule has 5 nitrogen and oxygen atoms in total. The Morgan fingerprint density at radius 2 is 2.28 bits per heavy atom. The normalized spacial score (nSPS) is 12.1. The van der Waals surface area contributed by atoms with Gasteiger partial charge in [-0.1, -0.05) is 6.07 Å². The summed E-state index contributed by atoms with van der Waals surface area (Å²) in [4.78, 5) is 12.1. The lowest BCUT2D eigenvalue weighted by molar-refractivity contribution is 0.0939. The van der Waals surface area contributed by atoms with Gasteiger partial charge in [-0.15, -0.1) is 0 Å². The number of phenols is 1. The summed E-state index contributed by atoms with van der Waals surface area (Å²) in [5.41, 5.74) is 1.96. The van der Waals surface area contributed by atoms with Crippen LogP contribution in [0.15, 0.2) is 30.6 Å². The van der Waals surface area contributed by atoms with Crippen LogP contribution in [-0.2, 0) is 0 Å². The number of rotatable bonds is 3. The van der Waals surface area contributed by atoms with Gasteiger partial charge in [-0.25, -0.2) is 0 Å². The summed E-state index contributed by atoms with van der Waals surface area (Å²) >= 11 is 0. The molecule has 1 atom stereocenters. The number of carbonyl (C=O) groups is 1. The van der Waals surface area contributed by atoms with E-state index in [9.17, 15) is 9.90 Å². The van der Waals surface area contributed by atoms with Gasteiger partial charge < -0.3 is 10.4 Å². The minimum absolute atomic E-state index is 0.124. The predicted octanol–water partition coefficient (Wildman–Crippen LogP) is 1.91. The van der Waals surface area contributed by atoms with Gasteiger partial charge in [0.05, 0.1) is 12.2 Å². The number of carbonyl (C=O) groups excluding carboxylic acids is 1. The number of nitrogens with zero attached hydrogens (tertiary/aromatic N) is 1. The van der Waals surface area contributed by atoms with E-state index in [-0.39, 0.29) is 17.7 Å². The third-order valence-corrected chi connectivity index (χ3v) is 2.92. The van der Waals surface area contributed by atoms with Crippen molar-refractivity contribution in [1.29, 1.82) is 0 Å². The van der Waals surface area contributed by atoms with Crippen LogP contribution in [0.2, 0.25) is 0 Å². The quantitative estimate of drug-likeness (QED) is 0.773. The Morgan fingerprint density at radius 3 is 2.94 bits per heavy atom. The molecule has 0 fully saturated rings. The van der Waals surface area contributed by atoms with E-state index < -0.39 is 0 Å². The molecular weight excluding hydrogens is 230 g/mol. The van der Waals surface area contributed by atoms with Crippen molar-refractivity contribution in [2.24, 2.45) is 0 Å². The van der Waals surface area contributed by atoms with Crippen LogP contribution >= 0.6 is 0 Å². The van der Waals surface area contributed by atoms with Crippen molar-refractivity contribution in [3.63, 3.8) is 0 Å². The number of nitrogens with one attached hydrogen (secondary N) is 2. The highest BCUT2D eigenvalue weighted by molar-refractivity contribution is 5.96. The molecule has 0 radical (unpaired) electrons. The van der Waals surface area contributed by atoms with E-state index in [0.717, 1.165) is 5.56 Å². The predicted molar refractivity (Wildman–Crippen MR) is 67.3 cm³/mol. The molecule has 0 saturated carbocycles. The molecule has 0 spiro atoms. The van der Waals surface area contributed by atoms with E-state index >= 15 is 0 Å². The fraction of sp³-hybridized carbons (Fsp3) is 0.231. The molecule has 2 rings (SSSR count). The van der Waals surface area contributed by atoms with Crippen molar-refractivity contribution in [1.82, 2.24) is 15.5 Å². The standard InChI is InChI=1S/C13H15N3O2/c1-8-11(4-3-5-12(8)17)13(18)16-9(2)10-6-14-15-7-10/h3-7,9,17H,1-2H3,(H,14,15)(H,16,18). The first-order valence-corrected chi connectivity index (χ1v) is 5.67. The van der Waals surface area contributed by atoms with Crippen LogP contribution in [0, 0.1) is 6.92 Å². The maximum absolute atomic E-state index is 12.1. The van der Waals surface area contributed by atoms with E-state index in [2.05, 4.69) is 15.5 Å². The molecule has 5 heteroatoms. The average Bonchev–Trinajstić information content (AvgIpc) is 2.86. The molecule has 2 aromatic rings. The van der Waals surface area contributed by atoms with Gasteiger partial charge in [-0.2, -0.15) is 5.10 Å². The molecule has 1 amide bonds. The van der Waals surface area contributed by atoms with Gasteiger partial charge >= 0.3 is 0 Å². The van der Waals surface area contributed by atoms with Crippen LogP contribution < -0.4 is 5.32 Å². The van der Waals surface area contributed by atoms with Crippen molar-refractivity contribution in [2.75, 3.05) is 0 Å². The summed E-state index contributed by atoms with van der Waals surface area (Å²) in [5, 5.41) is 19.0. The molecule has 1 aromatic carbocycles. The highest BCUT2D eigenvalue weighted by Gasteiger charge is 2.15. The summed E-state index contributed by atoms with van der Waals surface area (Å²) in [7, 11) is 0. The van der Waals surface area contributed by atoms with Crippen LogP contribution in [0.3, 0.4) is 0 Å². The van der Waals surface area contributed by atoms with E-state index in [4.69, 9.17) is 0 Å². The van der Waals surface area contributed by atoms with E-state index in [1.165, 1.54) is 0 Å². The lowest BCUT2D eigenvalue weighted by Crippen LogP contribution is -2.27.